The lowest BCUT2D eigenvalue weighted by Crippen LogP contribution is -2.16. The summed E-state index contributed by atoms with van der Waals surface area (Å²) in [7, 11) is 0. The van der Waals surface area contributed by atoms with E-state index < -0.39 is 23.2 Å². The molecule has 6 heteroatoms. The zero-order valence-electron chi connectivity index (χ0n) is 11.4. The second-order valence-corrected chi connectivity index (χ2v) is 4.76. The average Bonchev–Trinajstić information content (AvgIpc) is 2.76. The molecule has 1 N–H and O–H groups in total. The fraction of sp³-hybridized carbons (Fsp3) is 0.286. The molecule has 0 atom stereocenters. The van der Waals surface area contributed by atoms with E-state index in [1.54, 1.807) is 10.7 Å². The maximum atomic E-state index is 13.5. The summed E-state index contributed by atoms with van der Waals surface area (Å²) >= 11 is 0. The third kappa shape index (κ3) is 2.68. The highest BCUT2D eigenvalue weighted by Gasteiger charge is 2.17. The summed E-state index contributed by atoms with van der Waals surface area (Å²) in [4.78, 5) is 12.0. The predicted molar refractivity (Wildman–Crippen MR) is 71.7 cm³/mol. The van der Waals surface area contributed by atoms with E-state index in [1.807, 2.05) is 20.8 Å². The summed E-state index contributed by atoms with van der Waals surface area (Å²) in [6.45, 7) is 5.67. The van der Waals surface area contributed by atoms with Gasteiger partial charge in [-0.2, -0.15) is 5.10 Å². The highest BCUT2D eigenvalue weighted by molar-refractivity contribution is 6.03. The number of para-hydroxylation sites is 1. The van der Waals surface area contributed by atoms with Gasteiger partial charge in [-0.3, -0.25) is 9.48 Å². The number of nitrogens with one attached hydrogen (secondary N) is 1. The Bertz CT molecular complexity index is 630. The van der Waals surface area contributed by atoms with Gasteiger partial charge in [0.1, 0.15) is 17.3 Å². The third-order valence-corrected chi connectivity index (χ3v) is 2.85. The van der Waals surface area contributed by atoms with Gasteiger partial charge in [0.15, 0.2) is 5.69 Å². The van der Waals surface area contributed by atoms with Crippen LogP contribution in [0, 0.1) is 18.6 Å². The Morgan fingerprint density at radius 1 is 1.30 bits per heavy atom. The van der Waals surface area contributed by atoms with E-state index in [-0.39, 0.29) is 11.7 Å². The first-order valence-electron chi connectivity index (χ1n) is 6.21. The number of rotatable bonds is 3. The van der Waals surface area contributed by atoms with Gasteiger partial charge < -0.3 is 5.32 Å². The smallest absolute Gasteiger partial charge is 0.276 e. The molecule has 0 bridgehead atoms. The summed E-state index contributed by atoms with van der Waals surface area (Å²) < 4.78 is 28.6. The number of benzene rings is 1. The molecule has 2 rings (SSSR count). The van der Waals surface area contributed by atoms with Gasteiger partial charge in [-0.05, 0) is 39.0 Å². The lowest BCUT2D eigenvalue weighted by molar-refractivity contribution is 0.102. The Morgan fingerprint density at radius 3 is 2.40 bits per heavy atom. The van der Waals surface area contributed by atoms with Crippen molar-refractivity contribution in [1.82, 2.24) is 9.78 Å². The van der Waals surface area contributed by atoms with Gasteiger partial charge in [0.05, 0.1) is 0 Å². The number of amides is 1. The van der Waals surface area contributed by atoms with Crippen molar-refractivity contribution in [2.45, 2.75) is 26.8 Å². The van der Waals surface area contributed by atoms with Crippen LogP contribution in [0.5, 0.6) is 0 Å². The summed E-state index contributed by atoms with van der Waals surface area (Å²) in [5.41, 5.74) is 0.465. The maximum Gasteiger partial charge on any atom is 0.276 e. The van der Waals surface area contributed by atoms with Gasteiger partial charge in [0.25, 0.3) is 5.91 Å². The van der Waals surface area contributed by atoms with Gasteiger partial charge in [0.2, 0.25) is 0 Å². The third-order valence-electron chi connectivity index (χ3n) is 2.85. The minimum Gasteiger partial charge on any atom is -0.316 e. The molecule has 0 aliphatic heterocycles. The van der Waals surface area contributed by atoms with Gasteiger partial charge in [-0.25, -0.2) is 8.78 Å². The van der Waals surface area contributed by atoms with Crippen LogP contribution in [0.15, 0.2) is 24.3 Å². The van der Waals surface area contributed by atoms with Crippen LogP contribution in [-0.2, 0) is 0 Å². The molecule has 2 aromatic rings. The number of nitrogens with zero attached hydrogens (tertiary/aromatic N) is 2. The summed E-state index contributed by atoms with van der Waals surface area (Å²) in [5, 5.41) is 6.33. The highest BCUT2D eigenvalue weighted by atomic mass is 19.1. The fourth-order valence-corrected chi connectivity index (χ4v) is 1.92. The number of halogens is 2. The van der Waals surface area contributed by atoms with Crippen molar-refractivity contribution in [2.75, 3.05) is 5.32 Å². The van der Waals surface area contributed by atoms with Crippen LogP contribution in [0.1, 0.15) is 36.1 Å². The first-order chi connectivity index (χ1) is 9.40. The van der Waals surface area contributed by atoms with Crippen molar-refractivity contribution in [3.8, 4) is 0 Å². The number of aromatic nitrogens is 2. The first kappa shape index (κ1) is 14.2. The fourth-order valence-electron chi connectivity index (χ4n) is 1.92. The van der Waals surface area contributed by atoms with Crippen molar-refractivity contribution in [3.63, 3.8) is 0 Å². The molecule has 0 unspecified atom stereocenters. The quantitative estimate of drug-likeness (QED) is 0.937. The molecule has 106 valence electrons. The molecule has 0 aliphatic rings. The Labute approximate surface area is 115 Å². The van der Waals surface area contributed by atoms with E-state index in [1.165, 1.54) is 6.07 Å². The van der Waals surface area contributed by atoms with Crippen LogP contribution in [-0.4, -0.2) is 15.7 Å². The minimum atomic E-state index is -0.821. The van der Waals surface area contributed by atoms with Gasteiger partial charge in [-0.15, -0.1) is 0 Å². The van der Waals surface area contributed by atoms with Crippen molar-refractivity contribution < 1.29 is 13.6 Å². The van der Waals surface area contributed by atoms with Crippen molar-refractivity contribution in [3.05, 3.63) is 47.3 Å². The molecule has 20 heavy (non-hydrogen) atoms. The second-order valence-electron chi connectivity index (χ2n) is 4.76. The molecular weight excluding hydrogens is 264 g/mol. The van der Waals surface area contributed by atoms with E-state index in [2.05, 4.69) is 10.4 Å². The molecule has 0 radical (unpaired) electrons. The number of carbonyl (C=O) groups is 1. The topological polar surface area (TPSA) is 46.9 Å². The van der Waals surface area contributed by atoms with Crippen LogP contribution in [0.4, 0.5) is 14.5 Å². The molecule has 0 aliphatic carbocycles. The van der Waals surface area contributed by atoms with E-state index in [9.17, 15) is 13.6 Å². The number of aryl methyl sites for hydroxylation is 1. The van der Waals surface area contributed by atoms with Crippen LogP contribution < -0.4 is 5.32 Å². The summed E-state index contributed by atoms with van der Waals surface area (Å²) in [6, 6.07) is 5.07. The number of carbonyl (C=O) groups excluding carboxylic acids is 1. The maximum absolute atomic E-state index is 13.5. The lowest BCUT2D eigenvalue weighted by Gasteiger charge is -2.07. The molecule has 1 amide bonds. The molecule has 1 heterocycles. The van der Waals surface area contributed by atoms with Crippen LogP contribution in [0.2, 0.25) is 0 Å². The zero-order chi connectivity index (χ0) is 14.9. The van der Waals surface area contributed by atoms with Crippen molar-refractivity contribution >= 4 is 11.6 Å². The Hall–Kier alpha value is -2.24. The van der Waals surface area contributed by atoms with Crippen molar-refractivity contribution in [1.29, 1.82) is 0 Å². The number of hydrogen-bond acceptors (Lipinski definition) is 2. The standard InChI is InChI=1S/C14H15F2N3O/c1-8(2)19-9(3)7-12(18-19)14(20)17-13-10(15)5-4-6-11(13)16/h4-8H,1-3H3,(H,17,20). The second kappa shape index (κ2) is 5.40. The molecular formula is C14H15F2N3O. The molecule has 1 aromatic heterocycles. The molecule has 0 saturated heterocycles. The van der Waals surface area contributed by atoms with E-state index in [0.29, 0.717) is 0 Å². The Morgan fingerprint density at radius 2 is 1.90 bits per heavy atom. The SMILES string of the molecule is Cc1cc(C(=O)Nc2c(F)cccc2F)nn1C(C)C. The molecule has 4 nitrogen and oxygen atoms in total. The van der Waals surface area contributed by atoms with E-state index in [4.69, 9.17) is 0 Å². The van der Waals surface area contributed by atoms with Crippen LogP contribution >= 0.6 is 0 Å². The highest BCUT2D eigenvalue weighted by Crippen LogP contribution is 2.19. The first-order valence-corrected chi connectivity index (χ1v) is 6.21. The van der Waals surface area contributed by atoms with Gasteiger partial charge in [-0.1, -0.05) is 6.07 Å². The monoisotopic (exact) mass is 279 g/mol. The Balaban J connectivity index is 2.27. The van der Waals surface area contributed by atoms with Gasteiger partial charge in [0, 0.05) is 11.7 Å². The van der Waals surface area contributed by atoms with Crippen molar-refractivity contribution in [2.24, 2.45) is 0 Å². The number of anilines is 1. The summed E-state index contributed by atoms with van der Waals surface area (Å²) in [6.07, 6.45) is 0. The minimum absolute atomic E-state index is 0.0988. The average molecular weight is 279 g/mol. The molecule has 0 fully saturated rings. The summed E-state index contributed by atoms with van der Waals surface area (Å²) in [5.74, 6) is -2.28. The predicted octanol–water partition coefficient (Wildman–Crippen LogP) is 3.30. The van der Waals surface area contributed by atoms with Gasteiger partial charge >= 0.3 is 0 Å². The largest absolute Gasteiger partial charge is 0.316 e. The van der Waals surface area contributed by atoms with E-state index in [0.717, 1.165) is 17.8 Å². The molecule has 0 spiro atoms. The van der Waals surface area contributed by atoms with E-state index >= 15 is 0 Å². The zero-order valence-corrected chi connectivity index (χ0v) is 11.4. The Kier molecular flexibility index (Phi) is 3.83. The van der Waals surface area contributed by atoms with Crippen LogP contribution in [0.3, 0.4) is 0 Å². The molecule has 0 saturated carbocycles. The lowest BCUT2D eigenvalue weighted by atomic mass is 10.2. The van der Waals surface area contributed by atoms with Crippen LogP contribution in [0.25, 0.3) is 0 Å². The number of hydrogen-bond donors (Lipinski definition) is 1. The molecule has 1 aromatic carbocycles. The normalized spacial score (nSPS) is 10.9.